The summed E-state index contributed by atoms with van der Waals surface area (Å²) in [5.41, 5.74) is 2.93. The molecular weight excluding hydrogens is 280 g/mol. The lowest BCUT2D eigenvalue weighted by Crippen LogP contribution is -2.04. The van der Waals surface area contributed by atoms with E-state index in [4.69, 9.17) is 4.74 Å². The van der Waals surface area contributed by atoms with E-state index in [0.717, 1.165) is 28.3 Å². The van der Waals surface area contributed by atoms with Gasteiger partial charge in [0.25, 0.3) is 0 Å². The molecule has 2 aromatic rings. The van der Waals surface area contributed by atoms with Crippen LogP contribution >= 0.6 is 27.7 Å². The number of fused-ring (bicyclic) bond motifs is 1. The molecule has 1 aromatic heterocycles. The van der Waals surface area contributed by atoms with E-state index >= 15 is 0 Å². The van der Waals surface area contributed by atoms with Gasteiger partial charge in [0.15, 0.2) is 0 Å². The molecule has 78 valence electrons. The summed E-state index contributed by atoms with van der Waals surface area (Å²) in [6, 6.07) is 3.56. The second-order valence-corrected chi connectivity index (χ2v) is 3.98. The highest BCUT2D eigenvalue weighted by Crippen LogP contribution is 2.21. The topological polar surface area (TPSA) is 52.1 Å². The molecule has 0 spiro atoms. The first-order chi connectivity index (χ1) is 7.26. The Kier molecular flexibility index (Phi) is 2.97. The molecular formula is C9H7BrN2O2S. The Morgan fingerprint density at radius 2 is 2.13 bits per heavy atom. The Labute approximate surface area is 98.7 Å². The number of methoxy groups -OCH3 is 1. The zero-order chi connectivity index (χ0) is 10.8. The van der Waals surface area contributed by atoms with Gasteiger partial charge in [0.2, 0.25) is 0 Å². The van der Waals surface area contributed by atoms with E-state index in [0.29, 0.717) is 10.9 Å². The Balaban J connectivity index is 2.64. The van der Waals surface area contributed by atoms with E-state index in [9.17, 15) is 4.79 Å². The third-order valence-electron chi connectivity index (χ3n) is 2.03. The van der Waals surface area contributed by atoms with Crippen LogP contribution in [-0.2, 0) is 10.1 Å². The fraction of sp³-hybridized carbons (Fsp3) is 0.222. The second-order valence-electron chi connectivity index (χ2n) is 2.89. The van der Waals surface area contributed by atoms with Crippen LogP contribution in [0.1, 0.15) is 15.9 Å². The largest absolute Gasteiger partial charge is 0.465 e. The van der Waals surface area contributed by atoms with Gasteiger partial charge in [-0.3, -0.25) is 0 Å². The van der Waals surface area contributed by atoms with Crippen LogP contribution in [-0.4, -0.2) is 21.8 Å². The molecule has 1 heterocycles. The number of carbonyl (C=O) groups is 1. The number of carbonyl (C=O) groups excluding carboxylic acids is 1. The van der Waals surface area contributed by atoms with E-state index in [1.807, 2.05) is 6.07 Å². The Hall–Kier alpha value is -1.01. The number of hydrogen-bond acceptors (Lipinski definition) is 5. The highest BCUT2D eigenvalue weighted by atomic mass is 79.9. The average Bonchev–Trinajstić information content (AvgIpc) is 2.73. The van der Waals surface area contributed by atoms with E-state index in [-0.39, 0.29) is 5.97 Å². The molecule has 0 radical (unpaired) electrons. The molecule has 0 unspecified atom stereocenters. The molecule has 0 aliphatic carbocycles. The number of aromatic nitrogens is 2. The fourth-order valence-electron chi connectivity index (χ4n) is 1.29. The summed E-state index contributed by atoms with van der Waals surface area (Å²) in [4.78, 5) is 11.5. The second kappa shape index (κ2) is 4.24. The van der Waals surface area contributed by atoms with Crippen LogP contribution in [0.5, 0.6) is 0 Å². The Morgan fingerprint density at radius 1 is 1.47 bits per heavy atom. The monoisotopic (exact) mass is 286 g/mol. The molecule has 0 saturated heterocycles. The quantitative estimate of drug-likeness (QED) is 0.628. The first kappa shape index (κ1) is 10.5. The van der Waals surface area contributed by atoms with Gasteiger partial charge < -0.3 is 4.74 Å². The van der Waals surface area contributed by atoms with E-state index in [1.165, 1.54) is 7.11 Å². The minimum Gasteiger partial charge on any atom is -0.465 e. The summed E-state index contributed by atoms with van der Waals surface area (Å²) < 4.78 is 12.9. The van der Waals surface area contributed by atoms with Crippen molar-refractivity contribution in [1.29, 1.82) is 0 Å². The zero-order valence-electron chi connectivity index (χ0n) is 7.86. The molecule has 0 amide bonds. The number of rotatable bonds is 2. The van der Waals surface area contributed by atoms with E-state index < -0.39 is 0 Å². The maximum Gasteiger partial charge on any atom is 0.338 e. The summed E-state index contributed by atoms with van der Waals surface area (Å²) in [7, 11) is 1.36. The smallest absolute Gasteiger partial charge is 0.338 e. The van der Waals surface area contributed by atoms with Crippen molar-refractivity contribution in [1.82, 2.24) is 8.75 Å². The number of ether oxygens (including phenoxy) is 1. The molecule has 15 heavy (non-hydrogen) atoms. The summed E-state index contributed by atoms with van der Waals surface area (Å²) in [6.45, 7) is 0. The number of esters is 1. The van der Waals surface area contributed by atoms with E-state index in [1.54, 1.807) is 6.07 Å². The van der Waals surface area contributed by atoms with Gasteiger partial charge in [-0.15, -0.1) is 0 Å². The molecule has 0 bridgehead atoms. The lowest BCUT2D eigenvalue weighted by atomic mass is 10.1. The molecule has 0 fully saturated rings. The van der Waals surface area contributed by atoms with Crippen molar-refractivity contribution in [2.24, 2.45) is 0 Å². The number of nitrogens with zero attached hydrogens (tertiary/aromatic N) is 2. The molecule has 0 saturated carbocycles. The number of benzene rings is 1. The van der Waals surface area contributed by atoms with Crippen molar-refractivity contribution in [3.63, 3.8) is 0 Å². The normalized spacial score (nSPS) is 10.5. The molecule has 2 rings (SSSR count). The maximum absolute atomic E-state index is 11.5. The van der Waals surface area contributed by atoms with Crippen molar-refractivity contribution in [3.05, 3.63) is 23.3 Å². The number of hydrogen-bond donors (Lipinski definition) is 0. The SMILES string of the molecule is COC(=O)c1cc2nsnc2cc1CBr. The summed E-state index contributed by atoms with van der Waals surface area (Å²) >= 11 is 4.46. The summed E-state index contributed by atoms with van der Waals surface area (Å²) in [6.07, 6.45) is 0. The summed E-state index contributed by atoms with van der Waals surface area (Å²) in [5.74, 6) is -0.348. The predicted octanol–water partition coefficient (Wildman–Crippen LogP) is 2.37. The minimum atomic E-state index is -0.348. The first-order valence-corrected chi connectivity index (χ1v) is 6.01. The van der Waals surface area contributed by atoms with Gasteiger partial charge in [0.1, 0.15) is 11.0 Å². The van der Waals surface area contributed by atoms with Crippen LogP contribution in [0.4, 0.5) is 0 Å². The molecule has 0 aliphatic rings. The summed E-state index contributed by atoms with van der Waals surface area (Å²) in [5, 5.41) is 0.588. The van der Waals surface area contributed by atoms with E-state index in [2.05, 4.69) is 24.7 Å². The number of halogens is 1. The Morgan fingerprint density at radius 3 is 2.73 bits per heavy atom. The van der Waals surface area contributed by atoms with Crippen LogP contribution in [0, 0.1) is 0 Å². The van der Waals surface area contributed by atoms with Gasteiger partial charge in [-0.2, -0.15) is 8.75 Å². The fourth-order valence-corrected chi connectivity index (χ4v) is 2.26. The van der Waals surface area contributed by atoms with Gasteiger partial charge >= 0.3 is 5.97 Å². The molecule has 0 aliphatic heterocycles. The maximum atomic E-state index is 11.5. The lowest BCUT2D eigenvalue weighted by molar-refractivity contribution is 0.0600. The minimum absolute atomic E-state index is 0.348. The van der Waals surface area contributed by atoms with Crippen LogP contribution in [0.15, 0.2) is 12.1 Å². The van der Waals surface area contributed by atoms with Crippen molar-refractivity contribution >= 4 is 44.7 Å². The van der Waals surface area contributed by atoms with Gasteiger partial charge in [0, 0.05) is 5.33 Å². The predicted molar refractivity (Wildman–Crippen MR) is 61.4 cm³/mol. The van der Waals surface area contributed by atoms with Crippen molar-refractivity contribution < 1.29 is 9.53 Å². The third-order valence-corrected chi connectivity index (χ3v) is 3.19. The highest BCUT2D eigenvalue weighted by molar-refractivity contribution is 9.08. The molecule has 0 N–H and O–H groups in total. The molecule has 1 aromatic carbocycles. The van der Waals surface area contributed by atoms with Crippen molar-refractivity contribution in [3.8, 4) is 0 Å². The zero-order valence-corrected chi connectivity index (χ0v) is 10.3. The van der Waals surface area contributed by atoms with Crippen LogP contribution < -0.4 is 0 Å². The van der Waals surface area contributed by atoms with Crippen molar-refractivity contribution in [2.45, 2.75) is 5.33 Å². The highest BCUT2D eigenvalue weighted by Gasteiger charge is 2.13. The van der Waals surface area contributed by atoms with Gasteiger partial charge in [-0.05, 0) is 17.7 Å². The van der Waals surface area contributed by atoms with Gasteiger partial charge in [0.05, 0.1) is 24.4 Å². The molecule has 0 atom stereocenters. The van der Waals surface area contributed by atoms with Gasteiger partial charge in [-0.1, -0.05) is 15.9 Å². The number of alkyl halides is 1. The van der Waals surface area contributed by atoms with Crippen LogP contribution in [0.25, 0.3) is 11.0 Å². The third kappa shape index (κ3) is 1.87. The standard InChI is InChI=1S/C9H7BrN2O2S/c1-14-9(13)6-3-8-7(11-15-12-8)2-5(6)4-10/h2-3H,4H2,1H3. The lowest BCUT2D eigenvalue weighted by Gasteiger charge is -2.04. The van der Waals surface area contributed by atoms with Crippen LogP contribution in [0.2, 0.25) is 0 Å². The van der Waals surface area contributed by atoms with Crippen LogP contribution in [0.3, 0.4) is 0 Å². The molecule has 6 heteroatoms. The first-order valence-electron chi connectivity index (χ1n) is 4.15. The Bertz CT molecular complexity index is 512. The van der Waals surface area contributed by atoms with Gasteiger partial charge in [-0.25, -0.2) is 4.79 Å². The average molecular weight is 287 g/mol. The van der Waals surface area contributed by atoms with Crippen molar-refractivity contribution in [2.75, 3.05) is 7.11 Å². The molecule has 4 nitrogen and oxygen atoms in total.